The van der Waals surface area contributed by atoms with Gasteiger partial charge < -0.3 is 5.32 Å². The maximum Gasteiger partial charge on any atom is 0.142 e. The molecule has 2 rings (SSSR count). The topological polar surface area (TPSA) is 41.1 Å². The van der Waals surface area contributed by atoms with Crippen LogP contribution < -0.4 is 5.32 Å². The summed E-state index contributed by atoms with van der Waals surface area (Å²) in [6.07, 6.45) is 4.88. The molecule has 1 aliphatic heterocycles. The highest BCUT2D eigenvalue weighted by molar-refractivity contribution is 4.92. The standard InChI is InChI=1S/C14H24N4/c1-11(2)7-13-9-18(12(3)8-17-13)10-14-15-5-4-6-16-14/h4-6,11-13,17H,7-10H2,1-3H3. The first kappa shape index (κ1) is 13.4. The Morgan fingerprint density at radius 3 is 2.78 bits per heavy atom. The van der Waals surface area contributed by atoms with Gasteiger partial charge in [0.2, 0.25) is 0 Å². The zero-order chi connectivity index (χ0) is 13.0. The summed E-state index contributed by atoms with van der Waals surface area (Å²) < 4.78 is 0. The van der Waals surface area contributed by atoms with E-state index >= 15 is 0 Å². The van der Waals surface area contributed by atoms with Crippen LogP contribution in [0.2, 0.25) is 0 Å². The number of aromatic nitrogens is 2. The second kappa shape index (κ2) is 6.25. The molecule has 4 heteroatoms. The molecule has 1 fully saturated rings. The molecule has 0 bridgehead atoms. The van der Waals surface area contributed by atoms with E-state index in [-0.39, 0.29) is 0 Å². The van der Waals surface area contributed by atoms with Crippen molar-refractivity contribution in [1.82, 2.24) is 20.2 Å². The van der Waals surface area contributed by atoms with E-state index < -0.39 is 0 Å². The Hall–Kier alpha value is -1.00. The maximum atomic E-state index is 4.32. The molecule has 18 heavy (non-hydrogen) atoms. The van der Waals surface area contributed by atoms with Crippen LogP contribution in [-0.2, 0) is 6.54 Å². The molecule has 1 aromatic heterocycles. The second-order valence-electron chi connectivity index (χ2n) is 5.68. The molecule has 0 saturated carbocycles. The van der Waals surface area contributed by atoms with Crippen LogP contribution in [0.3, 0.4) is 0 Å². The van der Waals surface area contributed by atoms with Crippen LogP contribution in [-0.4, -0.2) is 40.0 Å². The molecule has 0 aromatic carbocycles. The minimum atomic E-state index is 0.553. The van der Waals surface area contributed by atoms with Crippen LogP contribution in [0.5, 0.6) is 0 Å². The third-order valence-corrected chi connectivity index (χ3v) is 3.50. The summed E-state index contributed by atoms with van der Waals surface area (Å²) in [6, 6.07) is 3.02. The van der Waals surface area contributed by atoms with Crippen LogP contribution in [0.25, 0.3) is 0 Å². The van der Waals surface area contributed by atoms with Gasteiger partial charge in [-0.05, 0) is 25.3 Å². The van der Waals surface area contributed by atoms with Gasteiger partial charge in [0.25, 0.3) is 0 Å². The number of hydrogen-bond donors (Lipinski definition) is 1. The van der Waals surface area contributed by atoms with Gasteiger partial charge in [-0.3, -0.25) is 4.90 Å². The van der Waals surface area contributed by atoms with Gasteiger partial charge in [0.15, 0.2) is 0 Å². The van der Waals surface area contributed by atoms with Crippen molar-refractivity contribution in [3.63, 3.8) is 0 Å². The molecule has 2 heterocycles. The van der Waals surface area contributed by atoms with Gasteiger partial charge in [0.05, 0.1) is 6.54 Å². The monoisotopic (exact) mass is 248 g/mol. The lowest BCUT2D eigenvalue weighted by Crippen LogP contribution is -2.55. The predicted octanol–water partition coefficient (Wildman–Crippen LogP) is 1.68. The SMILES string of the molecule is CC(C)CC1CN(Cc2ncccn2)C(C)CN1. The molecular formula is C14H24N4. The third-order valence-electron chi connectivity index (χ3n) is 3.50. The third kappa shape index (κ3) is 3.75. The minimum absolute atomic E-state index is 0.553. The molecule has 100 valence electrons. The zero-order valence-corrected chi connectivity index (χ0v) is 11.6. The molecule has 1 saturated heterocycles. The molecule has 0 aliphatic carbocycles. The predicted molar refractivity (Wildman–Crippen MR) is 73.1 cm³/mol. The van der Waals surface area contributed by atoms with E-state index in [2.05, 4.69) is 41.0 Å². The van der Waals surface area contributed by atoms with Crippen molar-refractivity contribution >= 4 is 0 Å². The summed E-state index contributed by atoms with van der Waals surface area (Å²) in [5.74, 6) is 1.67. The summed E-state index contributed by atoms with van der Waals surface area (Å²) in [5, 5.41) is 3.63. The van der Waals surface area contributed by atoms with Crippen molar-refractivity contribution < 1.29 is 0 Å². The Kier molecular flexibility index (Phi) is 4.66. The number of hydrogen-bond acceptors (Lipinski definition) is 4. The average molecular weight is 248 g/mol. The largest absolute Gasteiger partial charge is 0.311 e. The fourth-order valence-corrected chi connectivity index (χ4v) is 2.53. The number of nitrogens with zero attached hydrogens (tertiary/aromatic N) is 3. The van der Waals surface area contributed by atoms with Gasteiger partial charge in [-0.2, -0.15) is 0 Å². The Morgan fingerprint density at radius 1 is 1.39 bits per heavy atom. The summed E-state index contributed by atoms with van der Waals surface area (Å²) in [6.45, 7) is 9.84. The fourth-order valence-electron chi connectivity index (χ4n) is 2.53. The molecule has 0 spiro atoms. The van der Waals surface area contributed by atoms with Gasteiger partial charge in [0, 0.05) is 37.6 Å². The maximum absolute atomic E-state index is 4.32. The Morgan fingerprint density at radius 2 is 2.11 bits per heavy atom. The van der Waals surface area contributed by atoms with Crippen molar-refractivity contribution in [2.24, 2.45) is 5.92 Å². The molecule has 4 nitrogen and oxygen atoms in total. The fraction of sp³-hybridized carbons (Fsp3) is 0.714. The Bertz CT molecular complexity index is 352. The highest BCUT2D eigenvalue weighted by Crippen LogP contribution is 2.14. The van der Waals surface area contributed by atoms with Crippen molar-refractivity contribution in [3.05, 3.63) is 24.3 Å². The van der Waals surface area contributed by atoms with Crippen LogP contribution in [0.15, 0.2) is 18.5 Å². The minimum Gasteiger partial charge on any atom is -0.311 e. The number of piperazine rings is 1. The Labute approximate surface area is 110 Å². The Balaban J connectivity index is 1.93. The molecule has 0 radical (unpaired) electrons. The van der Waals surface area contributed by atoms with Crippen LogP contribution in [0.1, 0.15) is 33.0 Å². The van der Waals surface area contributed by atoms with Gasteiger partial charge >= 0.3 is 0 Å². The summed E-state index contributed by atoms with van der Waals surface area (Å²) in [4.78, 5) is 11.1. The van der Waals surface area contributed by atoms with Crippen molar-refractivity contribution in [3.8, 4) is 0 Å². The van der Waals surface area contributed by atoms with Crippen molar-refractivity contribution in [2.75, 3.05) is 13.1 Å². The van der Waals surface area contributed by atoms with Crippen molar-refractivity contribution in [2.45, 2.75) is 45.8 Å². The van der Waals surface area contributed by atoms with Crippen LogP contribution in [0.4, 0.5) is 0 Å². The van der Waals surface area contributed by atoms with Crippen LogP contribution in [0, 0.1) is 5.92 Å². The molecule has 0 amide bonds. The van der Waals surface area contributed by atoms with Crippen molar-refractivity contribution in [1.29, 1.82) is 0 Å². The first-order valence-electron chi connectivity index (χ1n) is 6.88. The molecule has 1 aromatic rings. The van der Waals surface area contributed by atoms with Gasteiger partial charge in [-0.25, -0.2) is 9.97 Å². The first-order valence-corrected chi connectivity index (χ1v) is 6.88. The van der Waals surface area contributed by atoms with E-state index in [9.17, 15) is 0 Å². The molecule has 1 aliphatic rings. The smallest absolute Gasteiger partial charge is 0.142 e. The highest BCUT2D eigenvalue weighted by atomic mass is 15.2. The molecule has 1 N–H and O–H groups in total. The number of nitrogens with one attached hydrogen (secondary N) is 1. The average Bonchev–Trinajstić information content (AvgIpc) is 2.34. The lowest BCUT2D eigenvalue weighted by Gasteiger charge is -2.39. The summed E-state index contributed by atoms with van der Waals surface area (Å²) in [5.41, 5.74) is 0. The normalized spacial score (nSPS) is 25.6. The molecule has 2 unspecified atom stereocenters. The molecule has 2 atom stereocenters. The second-order valence-corrected chi connectivity index (χ2v) is 5.68. The van der Waals surface area contributed by atoms with E-state index in [1.54, 1.807) is 0 Å². The summed E-state index contributed by atoms with van der Waals surface area (Å²) in [7, 11) is 0. The quantitative estimate of drug-likeness (QED) is 0.880. The van der Waals surface area contributed by atoms with E-state index in [1.165, 1.54) is 6.42 Å². The van der Waals surface area contributed by atoms with Gasteiger partial charge in [0.1, 0.15) is 5.82 Å². The van der Waals surface area contributed by atoms with Gasteiger partial charge in [-0.1, -0.05) is 13.8 Å². The zero-order valence-electron chi connectivity index (χ0n) is 11.6. The lowest BCUT2D eigenvalue weighted by molar-refractivity contribution is 0.122. The highest BCUT2D eigenvalue weighted by Gasteiger charge is 2.25. The molecular weight excluding hydrogens is 224 g/mol. The lowest BCUT2D eigenvalue weighted by atomic mass is 10.00. The van der Waals surface area contributed by atoms with Gasteiger partial charge in [-0.15, -0.1) is 0 Å². The van der Waals surface area contributed by atoms with E-state index in [4.69, 9.17) is 0 Å². The first-order chi connectivity index (χ1) is 8.65. The van der Waals surface area contributed by atoms with E-state index in [0.29, 0.717) is 12.1 Å². The number of rotatable bonds is 4. The summed E-state index contributed by atoms with van der Waals surface area (Å²) >= 11 is 0. The van der Waals surface area contributed by atoms with E-state index in [1.807, 2.05) is 18.5 Å². The van der Waals surface area contributed by atoms with E-state index in [0.717, 1.165) is 31.4 Å². The van der Waals surface area contributed by atoms with Crippen LogP contribution >= 0.6 is 0 Å².